The Hall–Kier alpha value is -3.22. The molecular formula is C22H24N4O3. The minimum Gasteiger partial charge on any atom is -0.481 e. The van der Waals surface area contributed by atoms with Crippen molar-refractivity contribution in [1.29, 1.82) is 0 Å². The number of benzene rings is 1. The third-order valence-corrected chi connectivity index (χ3v) is 5.25. The Labute approximate surface area is 169 Å². The summed E-state index contributed by atoms with van der Waals surface area (Å²) >= 11 is 0. The molecule has 0 spiro atoms. The van der Waals surface area contributed by atoms with Gasteiger partial charge in [0.1, 0.15) is 11.3 Å². The van der Waals surface area contributed by atoms with Crippen LogP contribution in [0.3, 0.4) is 0 Å². The SMILES string of the molecule is C[C@@H](Oc1ccccc1)C(=O)NC1(c2nc(-c3cccnc3)no2)CCCCC1. The van der Waals surface area contributed by atoms with Gasteiger partial charge in [-0.15, -0.1) is 0 Å². The van der Waals surface area contributed by atoms with Gasteiger partial charge in [-0.05, 0) is 44.0 Å². The molecule has 1 aliphatic carbocycles. The molecule has 0 bridgehead atoms. The Morgan fingerprint density at radius 3 is 2.66 bits per heavy atom. The van der Waals surface area contributed by atoms with Crippen molar-refractivity contribution in [2.24, 2.45) is 0 Å². The lowest BCUT2D eigenvalue weighted by molar-refractivity contribution is -0.130. The van der Waals surface area contributed by atoms with Gasteiger partial charge in [-0.25, -0.2) is 0 Å². The molecule has 0 saturated heterocycles. The summed E-state index contributed by atoms with van der Waals surface area (Å²) in [4.78, 5) is 21.6. The Morgan fingerprint density at radius 2 is 1.93 bits per heavy atom. The number of carbonyl (C=O) groups is 1. The molecule has 0 unspecified atom stereocenters. The van der Waals surface area contributed by atoms with Gasteiger partial charge in [0.2, 0.25) is 5.82 Å². The topological polar surface area (TPSA) is 90.1 Å². The summed E-state index contributed by atoms with van der Waals surface area (Å²) in [5.74, 6) is 1.37. The van der Waals surface area contributed by atoms with Crippen LogP contribution in [0.2, 0.25) is 0 Å². The van der Waals surface area contributed by atoms with E-state index in [2.05, 4.69) is 20.4 Å². The van der Waals surface area contributed by atoms with Gasteiger partial charge in [-0.3, -0.25) is 9.78 Å². The van der Waals surface area contributed by atoms with Crippen molar-refractivity contribution >= 4 is 5.91 Å². The lowest BCUT2D eigenvalue weighted by Crippen LogP contribution is -2.51. The number of amides is 1. The lowest BCUT2D eigenvalue weighted by Gasteiger charge is -2.35. The molecule has 4 rings (SSSR count). The first-order valence-electron chi connectivity index (χ1n) is 9.95. The van der Waals surface area contributed by atoms with E-state index in [1.807, 2.05) is 42.5 Å². The number of carbonyl (C=O) groups excluding carboxylic acids is 1. The zero-order valence-corrected chi connectivity index (χ0v) is 16.4. The summed E-state index contributed by atoms with van der Waals surface area (Å²) in [5.41, 5.74) is 0.109. The molecule has 1 saturated carbocycles. The van der Waals surface area contributed by atoms with Gasteiger partial charge in [-0.2, -0.15) is 4.98 Å². The predicted octanol–water partition coefficient (Wildman–Crippen LogP) is 3.87. The molecule has 1 aliphatic rings. The normalized spacial score (nSPS) is 16.7. The van der Waals surface area contributed by atoms with E-state index in [9.17, 15) is 4.79 Å². The van der Waals surface area contributed by atoms with Crippen molar-refractivity contribution in [3.63, 3.8) is 0 Å². The maximum absolute atomic E-state index is 12.9. The fourth-order valence-corrected chi connectivity index (χ4v) is 3.67. The number of nitrogens with zero attached hydrogens (tertiary/aromatic N) is 3. The predicted molar refractivity (Wildman–Crippen MR) is 107 cm³/mol. The molecular weight excluding hydrogens is 368 g/mol. The van der Waals surface area contributed by atoms with Crippen LogP contribution in [-0.4, -0.2) is 27.1 Å². The van der Waals surface area contributed by atoms with Gasteiger partial charge in [0, 0.05) is 18.0 Å². The van der Waals surface area contributed by atoms with Crippen LogP contribution < -0.4 is 10.1 Å². The van der Waals surface area contributed by atoms with Crippen LogP contribution in [0.15, 0.2) is 59.4 Å². The highest BCUT2D eigenvalue weighted by atomic mass is 16.5. The number of pyridine rings is 1. The quantitative estimate of drug-likeness (QED) is 0.685. The number of hydrogen-bond donors (Lipinski definition) is 1. The zero-order valence-electron chi connectivity index (χ0n) is 16.4. The molecule has 2 aromatic heterocycles. The van der Waals surface area contributed by atoms with Crippen molar-refractivity contribution in [1.82, 2.24) is 20.4 Å². The summed E-state index contributed by atoms with van der Waals surface area (Å²) in [5, 5.41) is 7.28. The van der Waals surface area contributed by atoms with Crippen LogP contribution in [0, 0.1) is 0 Å². The summed E-state index contributed by atoms with van der Waals surface area (Å²) < 4.78 is 11.4. The minimum atomic E-state index is -0.670. The first-order valence-corrected chi connectivity index (χ1v) is 9.95. The molecule has 2 heterocycles. The highest BCUT2D eigenvalue weighted by Gasteiger charge is 2.41. The smallest absolute Gasteiger partial charge is 0.261 e. The summed E-state index contributed by atoms with van der Waals surface area (Å²) in [6.07, 6.45) is 7.35. The second-order valence-corrected chi connectivity index (χ2v) is 7.37. The average molecular weight is 392 g/mol. The van der Waals surface area contributed by atoms with Gasteiger partial charge >= 0.3 is 0 Å². The number of nitrogens with one attached hydrogen (secondary N) is 1. The van der Waals surface area contributed by atoms with Crippen molar-refractivity contribution in [2.75, 3.05) is 0 Å². The molecule has 0 radical (unpaired) electrons. The summed E-state index contributed by atoms with van der Waals surface area (Å²) in [6.45, 7) is 1.74. The molecule has 3 aromatic rings. The number of ether oxygens (including phenoxy) is 1. The summed E-state index contributed by atoms with van der Waals surface area (Å²) in [7, 11) is 0. The second kappa shape index (κ2) is 8.43. The monoisotopic (exact) mass is 392 g/mol. The largest absolute Gasteiger partial charge is 0.481 e. The van der Waals surface area contributed by atoms with Crippen LogP contribution >= 0.6 is 0 Å². The van der Waals surface area contributed by atoms with Gasteiger partial charge in [0.25, 0.3) is 11.8 Å². The van der Waals surface area contributed by atoms with Crippen molar-refractivity contribution < 1.29 is 14.1 Å². The third kappa shape index (κ3) is 4.29. The Morgan fingerprint density at radius 1 is 1.14 bits per heavy atom. The van der Waals surface area contributed by atoms with Crippen LogP contribution in [0.25, 0.3) is 11.4 Å². The van der Waals surface area contributed by atoms with Gasteiger partial charge in [-0.1, -0.05) is 42.6 Å². The standard InChI is InChI=1S/C22H24N4O3/c1-16(28-18-10-4-2-5-11-18)20(27)25-22(12-6-3-7-13-22)21-24-19(26-29-21)17-9-8-14-23-15-17/h2,4-5,8-11,14-16H,3,6-7,12-13H2,1H3,(H,25,27)/t16-/m1/s1. The number of hydrogen-bond acceptors (Lipinski definition) is 6. The molecule has 7 heteroatoms. The maximum atomic E-state index is 12.9. The van der Waals surface area contributed by atoms with Gasteiger partial charge in [0.05, 0.1) is 0 Å². The second-order valence-electron chi connectivity index (χ2n) is 7.37. The number of rotatable bonds is 6. The highest BCUT2D eigenvalue weighted by Crippen LogP contribution is 2.37. The average Bonchev–Trinajstić information content (AvgIpc) is 3.27. The van der Waals surface area contributed by atoms with Crippen molar-refractivity contribution in [2.45, 2.75) is 50.7 Å². The molecule has 29 heavy (non-hydrogen) atoms. The van der Waals surface area contributed by atoms with E-state index in [4.69, 9.17) is 9.26 Å². The molecule has 150 valence electrons. The third-order valence-electron chi connectivity index (χ3n) is 5.25. The minimum absolute atomic E-state index is 0.197. The Bertz CT molecular complexity index is 937. The van der Waals surface area contributed by atoms with Crippen LogP contribution in [0.1, 0.15) is 44.9 Å². The molecule has 0 aliphatic heterocycles. The first-order chi connectivity index (χ1) is 14.2. The molecule has 1 atom stereocenters. The zero-order chi connectivity index (χ0) is 20.1. The van der Waals surface area contributed by atoms with Gasteiger partial charge < -0.3 is 14.6 Å². The Kier molecular flexibility index (Phi) is 5.55. The van der Waals surface area contributed by atoms with E-state index in [0.29, 0.717) is 17.5 Å². The molecule has 1 amide bonds. The molecule has 1 N–H and O–H groups in total. The molecule has 7 nitrogen and oxygen atoms in total. The van der Waals surface area contributed by atoms with Crippen LogP contribution in [-0.2, 0) is 10.3 Å². The van der Waals surface area contributed by atoms with E-state index < -0.39 is 11.6 Å². The highest BCUT2D eigenvalue weighted by molar-refractivity contribution is 5.81. The van der Waals surface area contributed by atoms with Crippen LogP contribution in [0.4, 0.5) is 0 Å². The number of aromatic nitrogens is 3. The molecule has 1 aromatic carbocycles. The summed E-state index contributed by atoms with van der Waals surface area (Å²) in [6, 6.07) is 13.0. The first kappa shape index (κ1) is 19.1. The fourth-order valence-electron chi connectivity index (χ4n) is 3.67. The maximum Gasteiger partial charge on any atom is 0.261 e. The van der Waals surface area contributed by atoms with Crippen molar-refractivity contribution in [3.8, 4) is 17.1 Å². The fraction of sp³-hybridized carbons (Fsp3) is 0.364. The molecule has 1 fully saturated rings. The van der Waals surface area contributed by atoms with E-state index in [0.717, 1.165) is 37.7 Å². The van der Waals surface area contributed by atoms with Gasteiger partial charge in [0.15, 0.2) is 6.10 Å². The Balaban J connectivity index is 1.54. The number of para-hydroxylation sites is 1. The van der Waals surface area contributed by atoms with Crippen molar-refractivity contribution in [3.05, 3.63) is 60.7 Å². The van der Waals surface area contributed by atoms with E-state index >= 15 is 0 Å². The van der Waals surface area contributed by atoms with Crippen LogP contribution in [0.5, 0.6) is 5.75 Å². The lowest BCUT2D eigenvalue weighted by atomic mass is 9.81. The van der Waals surface area contributed by atoms with E-state index in [-0.39, 0.29) is 5.91 Å². The van der Waals surface area contributed by atoms with E-state index in [1.165, 1.54) is 0 Å². The van der Waals surface area contributed by atoms with E-state index in [1.54, 1.807) is 19.3 Å².